The topological polar surface area (TPSA) is 48.7 Å². The zero-order chi connectivity index (χ0) is 13.1. The summed E-state index contributed by atoms with van der Waals surface area (Å²) in [7, 11) is 1.70. The Bertz CT molecular complexity index is 629. The van der Waals surface area contributed by atoms with Crippen molar-refractivity contribution in [3.8, 4) is 17.3 Å². The molecule has 0 fully saturated rings. The Morgan fingerprint density at radius 1 is 1.33 bits per heavy atom. The second kappa shape index (κ2) is 4.84. The summed E-state index contributed by atoms with van der Waals surface area (Å²) in [6.07, 6.45) is 0. The van der Waals surface area contributed by atoms with E-state index in [1.165, 1.54) is 12.1 Å². The molecule has 3 nitrogen and oxygen atoms in total. The number of aryl methyl sites for hydroxylation is 1. The average molecular weight is 241 g/mol. The molecule has 1 heterocycles. The number of nitrogens with zero attached hydrogens (tertiary/aromatic N) is 2. The molecule has 1 aromatic heterocycles. The number of hydrogen-bond acceptors (Lipinski definition) is 3. The lowest BCUT2D eigenvalue weighted by molar-refractivity contribution is 0.628. The molecule has 0 radical (unpaired) electrons. The Hall–Kier alpha value is -2.41. The van der Waals surface area contributed by atoms with Gasteiger partial charge in [0.25, 0.3) is 0 Å². The Morgan fingerprint density at radius 3 is 2.72 bits per heavy atom. The molecule has 2 rings (SSSR count). The van der Waals surface area contributed by atoms with Gasteiger partial charge in [-0.25, -0.2) is 9.37 Å². The number of benzene rings is 1. The second-order valence-electron chi connectivity index (χ2n) is 3.92. The van der Waals surface area contributed by atoms with Crippen molar-refractivity contribution in [2.75, 3.05) is 12.4 Å². The summed E-state index contributed by atoms with van der Waals surface area (Å²) in [5.41, 5.74) is 2.71. The summed E-state index contributed by atoms with van der Waals surface area (Å²) in [5.74, 6) is 0.200. The lowest BCUT2D eigenvalue weighted by Gasteiger charge is -2.09. The SMILES string of the molecule is CNc1nc(-c2cccc(F)c2)c(C)cc1C#N. The van der Waals surface area contributed by atoms with E-state index in [1.54, 1.807) is 25.2 Å². The molecule has 0 spiro atoms. The van der Waals surface area contributed by atoms with Crippen molar-refractivity contribution in [3.63, 3.8) is 0 Å². The van der Waals surface area contributed by atoms with Gasteiger partial charge >= 0.3 is 0 Å². The Labute approximate surface area is 105 Å². The molecule has 2 aromatic rings. The fourth-order valence-corrected chi connectivity index (χ4v) is 1.82. The summed E-state index contributed by atoms with van der Waals surface area (Å²) in [4.78, 5) is 4.37. The van der Waals surface area contributed by atoms with Gasteiger partial charge < -0.3 is 5.32 Å². The molecule has 90 valence electrons. The van der Waals surface area contributed by atoms with E-state index in [-0.39, 0.29) is 5.82 Å². The number of anilines is 1. The van der Waals surface area contributed by atoms with Gasteiger partial charge in [-0.2, -0.15) is 5.26 Å². The van der Waals surface area contributed by atoms with E-state index in [0.717, 1.165) is 5.56 Å². The van der Waals surface area contributed by atoms with Crippen molar-refractivity contribution in [2.45, 2.75) is 6.92 Å². The van der Waals surface area contributed by atoms with Gasteiger partial charge in [0.15, 0.2) is 0 Å². The predicted octanol–water partition coefficient (Wildman–Crippen LogP) is 3.11. The van der Waals surface area contributed by atoms with Gasteiger partial charge in [-0.15, -0.1) is 0 Å². The molecule has 0 saturated heterocycles. The molecule has 0 amide bonds. The molecule has 0 unspecified atom stereocenters. The van der Waals surface area contributed by atoms with Gasteiger partial charge in [0.05, 0.1) is 11.3 Å². The minimum Gasteiger partial charge on any atom is -0.372 e. The van der Waals surface area contributed by atoms with E-state index in [4.69, 9.17) is 5.26 Å². The molecule has 0 bridgehead atoms. The van der Waals surface area contributed by atoms with E-state index in [9.17, 15) is 4.39 Å². The maximum absolute atomic E-state index is 13.2. The standard InChI is InChI=1S/C14H12FN3/c1-9-6-11(8-16)14(17-2)18-13(9)10-4-3-5-12(15)7-10/h3-7H,1-2H3,(H,17,18). The smallest absolute Gasteiger partial charge is 0.144 e. The maximum Gasteiger partial charge on any atom is 0.144 e. The van der Waals surface area contributed by atoms with Crippen LogP contribution in [0.2, 0.25) is 0 Å². The summed E-state index contributed by atoms with van der Waals surface area (Å²) in [6.45, 7) is 1.85. The van der Waals surface area contributed by atoms with E-state index in [2.05, 4.69) is 16.4 Å². The lowest BCUT2D eigenvalue weighted by Crippen LogP contribution is -2.00. The Balaban J connectivity index is 2.62. The number of pyridine rings is 1. The highest BCUT2D eigenvalue weighted by Gasteiger charge is 2.10. The molecule has 1 N–H and O–H groups in total. The molecule has 4 heteroatoms. The van der Waals surface area contributed by atoms with Crippen molar-refractivity contribution in [2.24, 2.45) is 0 Å². The van der Waals surface area contributed by atoms with Crippen LogP contribution >= 0.6 is 0 Å². The van der Waals surface area contributed by atoms with Crippen LogP contribution in [0.3, 0.4) is 0 Å². The van der Waals surface area contributed by atoms with Crippen molar-refractivity contribution in [1.82, 2.24) is 4.98 Å². The number of rotatable bonds is 2. The highest BCUT2D eigenvalue weighted by atomic mass is 19.1. The average Bonchev–Trinajstić information content (AvgIpc) is 2.38. The molecule has 0 saturated carbocycles. The lowest BCUT2D eigenvalue weighted by atomic mass is 10.0. The number of halogens is 1. The molecule has 1 aromatic carbocycles. The van der Waals surface area contributed by atoms with E-state index in [0.29, 0.717) is 22.6 Å². The molecule has 0 aliphatic heterocycles. The predicted molar refractivity (Wildman–Crippen MR) is 68.6 cm³/mol. The number of hydrogen-bond donors (Lipinski definition) is 1. The zero-order valence-corrected chi connectivity index (χ0v) is 10.2. The first-order valence-electron chi connectivity index (χ1n) is 5.51. The normalized spacial score (nSPS) is 9.89. The molecule has 18 heavy (non-hydrogen) atoms. The first-order valence-corrected chi connectivity index (χ1v) is 5.51. The molecule has 0 aliphatic rings. The second-order valence-corrected chi connectivity index (χ2v) is 3.92. The third-order valence-corrected chi connectivity index (χ3v) is 2.67. The van der Waals surface area contributed by atoms with Gasteiger partial charge in [0.1, 0.15) is 17.7 Å². The fraction of sp³-hybridized carbons (Fsp3) is 0.143. The minimum atomic E-state index is -0.302. The number of nitrogens with one attached hydrogen (secondary N) is 1. The van der Waals surface area contributed by atoms with Crippen LogP contribution in [-0.4, -0.2) is 12.0 Å². The Kier molecular flexibility index (Phi) is 3.24. The van der Waals surface area contributed by atoms with Crippen LogP contribution in [0.15, 0.2) is 30.3 Å². The van der Waals surface area contributed by atoms with Gasteiger partial charge in [0, 0.05) is 12.6 Å². The summed E-state index contributed by atoms with van der Waals surface area (Å²) < 4.78 is 13.2. The van der Waals surface area contributed by atoms with Crippen molar-refractivity contribution in [1.29, 1.82) is 5.26 Å². The first kappa shape index (κ1) is 12.1. The molecular weight excluding hydrogens is 229 g/mol. The number of nitriles is 1. The van der Waals surface area contributed by atoms with Crippen molar-refractivity contribution >= 4 is 5.82 Å². The van der Waals surface area contributed by atoms with Crippen LogP contribution in [0, 0.1) is 24.1 Å². The van der Waals surface area contributed by atoms with E-state index in [1.807, 2.05) is 6.92 Å². The first-order chi connectivity index (χ1) is 8.65. The quantitative estimate of drug-likeness (QED) is 0.878. The highest BCUT2D eigenvalue weighted by molar-refractivity contribution is 5.68. The van der Waals surface area contributed by atoms with Crippen molar-refractivity contribution < 1.29 is 4.39 Å². The van der Waals surface area contributed by atoms with Crippen LogP contribution in [-0.2, 0) is 0 Å². The fourth-order valence-electron chi connectivity index (χ4n) is 1.82. The molecule has 0 aliphatic carbocycles. The van der Waals surface area contributed by atoms with Gasteiger partial charge in [-0.05, 0) is 30.7 Å². The third kappa shape index (κ3) is 2.16. The third-order valence-electron chi connectivity index (χ3n) is 2.67. The summed E-state index contributed by atoms with van der Waals surface area (Å²) in [6, 6.07) is 10.1. The monoisotopic (exact) mass is 241 g/mol. The van der Waals surface area contributed by atoms with Crippen LogP contribution in [0.25, 0.3) is 11.3 Å². The number of aromatic nitrogens is 1. The highest BCUT2D eigenvalue weighted by Crippen LogP contribution is 2.25. The van der Waals surface area contributed by atoms with Crippen LogP contribution in [0.4, 0.5) is 10.2 Å². The Morgan fingerprint density at radius 2 is 2.11 bits per heavy atom. The van der Waals surface area contributed by atoms with Crippen LogP contribution in [0.1, 0.15) is 11.1 Å². The largest absolute Gasteiger partial charge is 0.372 e. The van der Waals surface area contributed by atoms with Crippen LogP contribution < -0.4 is 5.32 Å². The molecular formula is C14H12FN3. The summed E-state index contributed by atoms with van der Waals surface area (Å²) >= 11 is 0. The van der Waals surface area contributed by atoms with Gasteiger partial charge in [0.2, 0.25) is 0 Å². The van der Waals surface area contributed by atoms with E-state index < -0.39 is 0 Å². The zero-order valence-electron chi connectivity index (χ0n) is 10.2. The maximum atomic E-state index is 13.2. The van der Waals surface area contributed by atoms with Crippen molar-refractivity contribution in [3.05, 3.63) is 47.3 Å². The minimum absolute atomic E-state index is 0.302. The van der Waals surface area contributed by atoms with Gasteiger partial charge in [-0.1, -0.05) is 12.1 Å². The van der Waals surface area contributed by atoms with Crippen LogP contribution in [0.5, 0.6) is 0 Å². The van der Waals surface area contributed by atoms with E-state index >= 15 is 0 Å². The molecule has 0 atom stereocenters. The summed E-state index contributed by atoms with van der Waals surface area (Å²) in [5, 5.41) is 11.9. The van der Waals surface area contributed by atoms with Gasteiger partial charge in [-0.3, -0.25) is 0 Å².